The van der Waals surface area contributed by atoms with Crippen LogP contribution in [0.15, 0.2) is 40.0 Å². The van der Waals surface area contributed by atoms with Crippen LogP contribution in [0.2, 0.25) is 5.02 Å². The number of carbonyl (C=O) groups is 1. The van der Waals surface area contributed by atoms with Gasteiger partial charge in [0.25, 0.3) is 0 Å². The standard InChI is InChI=1S/C21H24ClN5O2S/c1-13(2)17-11-19(29-26-17)23-18(28)12-30-21-25-24-20(15-9-5-6-10-16(15)22)27(21)14-7-3-4-8-14/h5-6,9-11,13-14H,3-4,7-8,12H2,1-2H3,(H,23,28). The van der Waals surface area contributed by atoms with Gasteiger partial charge in [-0.2, -0.15) is 0 Å². The summed E-state index contributed by atoms with van der Waals surface area (Å²) in [5.41, 5.74) is 1.67. The smallest absolute Gasteiger partial charge is 0.237 e. The third-order valence-electron chi connectivity index (χ3n) is 5.18. The molecule has 9 heteroatoms. The number of aromatic nitrogens is 4. The first-order chi connectivity index (χ1) is 14.5. The summed E-state index contributed by atoms with van der Waals surface area (Å²) in [6, 6.07) is 9.72. The second-order valence-electron chi connectivity index (χ2n) is 7.70. The Morgan fingerprint density at radius 3 is 2.77 bits per heavy atom. The van der Waals surface area contributed by atoms with Crippen LogP contribution in [-0.2, 0) is 4.79 Å². The van der Waals surface area contributed by atoms with Gasteiger partial charge in [0, 0.05) is 17.7 Å². The largest absolute Gasteiger partial charge is 0.338 e. The first kappa shape index (κ1) is 20.9. The van der Waals surface area contributed by atoms with Crippen molar-refractivity contribution in [3.05, 3.63) is 41.0 Å². The average Bonchev–Trinajstić information content (AvgIpc) is 3.47. The Balaban J connectivity index is 1.51. The normalized spacial score (nSPS) is 14.5. The molecule has 0 spiro atoms. The molecule has 0 saturated heterocycles. The van der Waals surface area contributed by atoms with Crippen molar-refractivity contribution in [3.8, 4) is 11.4 Å². The summed E-state index contributed by atoms with van der Waals surface area (Å²) >= 11 is 7.79. The van der Waals surface area contributed by atoms with E-state index in [-0.39, 0.29) is 17.6 Å². The Bertz CT molecular complexity index is 1030. The minimum atomic E-state index is -0.174. The zero-order valence-electron chi connectivity index (χ0n) is 17.0. The van der Waals surface area contributed by atoms with Crippen LogP contribution in [0.1, 0.15) is 57.2 Å². The SMILES string of the molecule is CC(C)c1cc(NC(=O)CSc2nnc(-c3ccccc3Cl)n2C2CCCC2)on1. The summed E-state index contributed by atoms with van der Waals surface area (Å²) in [5, 5.41) is 16.9. The molecule has 1 aliphatic carbocycles. The number of nitrogens with one attached hydrogen (secondary N) is 1. The quantitative estimate of drug-likeness (QED) is 0.479. The monoisotopic (exact) mass is 445 g/mol. The van der Waals surface area contributed by atoms with Crippen LogP contribution in [0.3, 0.4) is 0 Å². The molecule has 0 radical (unpaired) electrons. The average molecular weight is 446 g/mol. The van der Waals surface area contributed by atoms with E-state index >= 15 is 0 Å². The van der Waals surface area contributed by atoms with Crippen LogP contribution in [0, 0.1) is 0 Å². The van der Waals surface area contributed by atoms with E-state index in [1.807, 2.05) is 38.1 Å². The zero-order valence-corrected chi connectivity index (χ0v) is 18.5. The predicted octanol–water partition coefficient (Wildman–Crippen LogP) is 5.56. The Morgan fingerprint density at radius 1 is 1.30 bits per heavy atom. The van der Waals surface area contributed by atoms with E-state index in [9.17, 15) is 4.79 Å². The predicted molar refractivity (Wildman–Crippen MR) is 118 cm³/mol. The number of anilines is 1. The lowest BCUT2D eigenvalue weighted by atomic mass is 10.1. The number of rotatable bonds is 7. The molecule has 0 aliphatic heterocycles. The van der Waals surface area contributed by atoms with Gasteiger partial charge in [0.1, 0.15) is 0 Å². The van der Waals surface area contributed by atoms with Gasteiger partial charge < -0.3 is 4.52 Å². The number of hydrogen-bond acceptors (Lipinski definition) is 6. The van der Waals surface area contributed by atoms with Gasteiger partial charge in [-0.15, -0.1) is 10.2 Å². The summed E-state index contributed by atoms with van der Waals surface area (Å²) in [6.45, 7) is 4.04. The van der Waals surface area contributed by atoms with Crippen LogP contribution in [0.5, 0.6) is 0 Å². The van der Waals surface area contributed by atoms with E-state index in [1.54, 1.807) is 6.07 Å². The highest BCUT2D eigenvalue weighted by Gasteiger charge is 2.26. The van der Waals surface area contributed by atoms with Crippen molar-refractivity contribution < 1.29 is 9.32 Å². The molecule has 0 unspecified atom stereocenters. The molecule has 1 N–H and O–H groups in total. The van der Waals surface area contributed by atoms with Crippen LogP contribution in [0.25, 0.3) is 11.4 Å². The van der Waals surface area contributed by atoms with Crippen LogP contribution < -0.4 is 5.32 Å². The molecule has 1 amide bonds. The number of thioether (sulfide) groups is 1. The fourth-order valence-electron chi connectivity index (χ4n) is 3.62. The molecule has 30 heavy (non-hydrogen) atoms. The molecule has 0 bridgehead atoms. The van der Waals surface area contributed by atoms with E-state index in [0.29, 0.717) is 16.9 Å². The zero-order chi connectivity index (χ0) is 21.1. The van der Waals surface area contributed by atoms with Crippen LogP contribution in [0.4, 0.5) is 5.88 Å². The molecule has 7 nitrogen and oxygen atoms in total. The molecule has 158 valence electrons. The molecule has 4 rings (SSSR count). The summed E-state index contributed by atoms with van der Waals surface area (Å²) in [4.78, 5) is 12.4. The van der Waals surface area contributed by atoms with Gasteiger partial charge in [0.15, 0.2) is 11.0 Å². The number of hydrogen-bond donors (Lipinski definition) is 1. The van der Waals surface area contributed by atoms with Crippen molar-refractivity contribution in [2.24, 2.45) is 0 Å². The van der Waals surface area contributed by atoms with Gasteiger partial charge in [-0.25, -0.2) is 0 Å². The van der Waals surface area contributed by atoms with E-state index in [2.05, 4.69) is 25.2 Å². The van der Waals surface area contributed by atoms with E-state index in [4.69, 9.17) is 16.1 Å². The van der Waals surface area contributed by atoms with Gasteiger partial charge in [-0.3, -0.25) is 14.7 Å². The van der Waals surface area contributed by atoms with Gasteiger partial charge in [-0.1, -0.05) is 67.3 Å². The molecular formula is C21H24ClN5O2S. The molecule has 3 aromatic rings. The number of benzene rings is 1. The lowest BCUT2D eigenvalue weighted by Crippen LogP contribution is -2.15. The molecule has 1 aromatic carbocycles. The Labute approximate surface area is 184 Å². The van der Waals surface area contributed by atoms with E-state index in [1.165, 1.54) is 24.6 Å². The first-order valence-corrected chi connectivity index (χ1v) is 11.5. The minimum absolute atomic E-state index is 0.174. The molecule has 1 saturated carbocycles. The molecule has 2 aromatic heterocycles. The van der Waals surface area contributed by atoms with Crippen molar-refractivity contribution in [2.75, 3.05) is 11.1 Å². The lowest BCUT2D eigenvalue weighted by molar-refractivity contribution is -0.113. The van der Waals surface area contributed by atoms with Crippen molar-refractivity contribution in [3.63, 3.8) is 0 Å². The topological polar surface area (TPSA) is 85.8 Å². The lowest BCUT2D eigenvalue weighted by Gasteiger charge is -2.17. The van der Waals surface area contributed by atoms with Crippen molar-refractivity contribution in [1.82, 2.24) is 19.9 Å². The number of amides is 1. The third-order valence-corrected chi connectivity index (χ3v) is 6.46. The number of nitrogens with zero attached hydrogens (tertiary/aromatic N) is 4. The Hall–Kier alpha value is -2.32. The minimum Gasteiger partial charge on any atom is -0.338 e. The first-order valence-electron chi connectivity index (χ1n) is 10.1. The molecule has 1 fully saturated rings. The summed E-state index contributed by atoms with van der Waals surface area (Å²) in [6.07, 6.45) is 4.51. The van der Waals surface area contributed by atoms with Gasteiger partial charge in [0.2, 0.25) is 11.8 Å². The maximum Gasteiger partial charge on any atom is 0.237 e. The molecular weight excluding hydrogens is 422 g/mol. The second kappa shape index (κ2) is 9.22. The van der Waals surface area contributed by atoms with E-state index in [0.717, 1.165) is 35.1 Å². The van der Waals surface area contributed by atoms with Gasteiger partial charge >= 0.3 is 0 Å². The molecule has 0 atom stereocenters. The van der Waals surface area contributed by atoms with Crippen molar-refractivity contribution in [2.45, 2.75) is 56.6 Å². The highest BCUT2D eigenvalue weighted by molar-refractivity contribution is 7.99. The fourth-order valence-corrected chi connectivity index (χ4v) is 4.64. The number of halogens is 1. The van der Waals surface area contributed by atoms with Crippen molar-refractivity contribution in [1.29, 1.82) is 0 Å². The van der Waals surface area contributed by atoms with E-state index < -0.39 is 0 Å². The second-order valence-corrected chi connectivity index (χ2v) is 9.05. The number of carbonyl (C=O) groups excluding carboxylic acids is 1. The van der Waals surface area contributed by atoms with Crippen molar-refractivity contribution >= 4 is 35.2 Å². The summed E-state index contributed by atoms with van der Waals surface area (Å²) in [5.74, 6) is 1.38. The highest BCUT2D eigenvalue weighted by Crippen LogP contribution is 2.38. The van der Waals surface area contributed by atoms with Crippen LogP contribution in [-0.4, -0.2) is 31.6 Å². The molecule has 1 aliphatic rings. The Morgan fingerprint density at radius 2 is 2.07 bits per heavy atom. The van der Waals surface area contributed by atoms with Crippen LogP contribution >= 0.6 is 23.4 Å². The Kier molecular flexibility index (Phi) is 6.43. The van der Waals surface area contributed by atoms with Gasteiger partial charge in [0.05, 0.1) is 16.5 Å². The maximum absolute atomic E-state index is 12.4. The maximum atomic E-state index is 12.4. The fraction of sp³-hybridized carbons (Fsp3) is 0.429. The third kappa shape index (κ3) is 4.54. The molecule has 2 heterocycles. The summed E-state index contributed by atoms with van der Waals surface area (Å²) in [7, 11) is 0. The summed E-state index contributed by atoms with van der Waals surface area (Å²) < 4.78 is 7.34. The van der Waals surface area contributed by atoms with Gasteiger partial charge in [-0.05, 0) is 30.9 Å². The highest BCUT2D eigenvalue weighted by atomic mass is 35.5.